The van der Waals surface area contributed by atoms with Crippen LogP contribution in [0.15, 0.2) is 41.1 Å². The minimum atomic E-state index is -0.707. The van der Waals surface area contributed by atoms with Crippen LogP contribution in [0.5, 0.6) is 0 Å². The molecule has 0 unspecified atom stereocenters. The molecule has 0 aliphatic heterocycles. The van der Waals surface area contributed by atoms with Crippen molar-refractivity contribution in [3.63, 3.8) is 0 Å². The van der Waals surface area contributed by atoms with Crippen LogP contribution in [0.3, 0.4) is 0 Å². The number of aliphatic hydroxyl groups excluding tert-OH is 1. The molecule has 0 fully saturated rings. The van der Waals surface area contributed by atoms with Crippen LogP contribution in [0, 0.1) is 0 Å². The second-order valence-corrected chi connectivity index (χ2v) is 4.90. The standard InChI is InChI=1S/C14H14N2O3S/c17-9-16-12-3-1-10(2-4-12)14(19)15-7-13(18)11-5-6-20-8-11/h1-6,8-9,13,18H,7H2,(H,15,19)(H,16,17)/t13-/m1/s1. The molecule has 1 heterocycles. The van der Waals surface area contributed by atoms with Crippen molar-refractivity contribution in [3.05, 3.63) is 52.2 Å². The maximum absolute atomic E-state index is 11.9. The predicted molar refractivity (Wildman–Crippen MR) is 77.7 cm³/mol. The quantitative estimate of drug-likeness (QED) is 0.710. The summed E-state index contributed by atoms with van der Waals surface area (Å²) in [4.78, 5) is 22.1. The second kappa shape index (κ2) is 6.83. The maximum atomic E-state index is 11.9. The SMILES string of the molecule is O=CNc1ccc(C(=O)NC[C@@H](O)c2ccsc2)cc1. The first-order chi connectivity index (χ1) is 9.70. The molecule has 6 heteroatoms. The summed E-state index contributed by atoms with van der Waals surface area (Å²) < 4.78 is 0. The van der Waals surface area contributed by atoms with Crippen LogP contribution in [0.1, 0.15) is 22.0 Å². The number of thiophene rings is 1. The van der Waals surface area contributed by atoms with Gasteiger partial charge in [-0.25, -0.2) is 0 Å². The molecule has 0 saturated heterocycles. The van der Waals surface area contributed by atoms with Crippen molar-refractivity contribution in [1.29, 1.82) is 0 Å². The minimum absolute atomic E-state index is 0.157. The molecule has 20 heavy (non-hydrogen) atoms. The highest BCUT2D eigenvalue weighted by Crippen LogP contribution is 2.15. The molecular weight excluding hydrogens is 276 g/mol. The molecular formula is C14H14N2O3S. The summed E-state index contributed by atoms with van der Waals surface area (Å²) in [5.41, 5.74) is 1.88. The van der Waals surface area contributed by atoms with E-state index < -0.39 is 6.10 Å². The monoisotopic (exact) mass is 290 g/mol. The van der Waals surface area contributed by atoms with Gasteiger partial charge in [-0.15, -0.1) is 0 Å². The topological polar surface area (TPSA) is 78.4 Å². The fraction of sp³-hybridized carbons (Fsp3) is 0.143. The molecule has 1 aromatic heterocycles. The number of hydrogen-bond acceptors (Lipinski definition) is 4. The molecule has 5 nitrogen and oxygen atoms in total. The van der Waals surface area contributed by atoms with E-state index in [0.29, 0.717) is 17.7 Å². The number of benzene rings is 1. The third-order valence-corrected chi connectivity index (χ3v) is 3.46. The van der Waals surface area contributed by atoms with Gasteiger partial charge in [0, 0.05) is 17.8 Å². The first-order valence-corrected chi connectivity index (χ1v) is 6.93. The Morgan fingerprint density at radius 3 is 2.65 bits per heavy atom. The highest BCUT2D eigenvalue weighted by Gasteiger charge is 2.11. The van der Waals surface area contributed by atoms with E-state index in [1.807, 2.05) is 16.8 Å². The fourth-order valence-electron chi connectivity index (χ4n) is 1.66. The molecule has 3 N–H and O–H groups in total. The number of hydrogen-bond donors (Lipinski definition) is 3. The number of aliphatic hydroxyl groups is 1. The lowest BCUT2D eigenvalue weighted by Gasteiger charge is -2.10. The van der Waals surface area contributed by atoms with Gasteiger partial charge in [-0.3, -0.25) is 9.59 Å². The van der Waals surface area contributed by atoms with Gasteiger partial charge in [0.25, 0.3) is 5.91 Å². The molecule has 2 aromatic rings. The van der Waals surface area contributed by atoms with E-state index in [4.69, 9.17) is 0 Å². The Kier molecular flexibility index (Phi) is 4.86. The summed E-state index contributed by atoms with van der Waals surface area (Å²) in [5, 5.41) is 18.7. The molecule has 104 valence electrons. The molecule has 0 saturated carbocycles. The third-order valence-electron chi connectivity index (χ3n) is 2.76. The molecule has 2 amide bonds. The van der Waals surface area contributed by atoms with Gasteiger partial charge in [0.1, 0.15) is 0 Å². The van der Waals surface area contributed by atoms with E-state index in [9.17, 15) is 14.7 Å². The smallest absolute Gasteiger partial charge is 0.251 e. The maximum Gasteiger partial charge on any atom is 0.251 e. The van der Waals surface area contributed by atoms with E-state index >= 15 is 0 Å². The van der Waals surface area contributed by atoms with Crippen molar-refractivity contribution in [1.82, 2.24) is 5.32 Å². The average Bonchev–Trinajstić information content (AvgIpc) is 3.00. The van der Waals surface area contributed by atoms with Crippen molar-refractivity contribution in [2.24, 2.45) is 0 Å². The van der Waals surface area contributed by atoms with Crippen LogP contribution in [-0.4, -0.2) is 24.0 Å². The Morgan fingerprint density at radius 1 is 1.30 bits per heavy atom. The minimum Gasteiger partial charge on any atom is -0.387 e. The fourth-order valence-corrected chi connectivity index (χ4v) is 2.37. The van der Waals surface area contributed by atoms with Crippen molar-refractivity contribution in [2.45, 2.75) is 6.10 Å². The van der Waals surface area contributed by atoms with Crippen molar-refractivity contribution >= 4 is 29.3 Å². The Labute approximate surface area is 120 Å². The second-order valence-electron chi connectivity index (χ2n) is 4.12. The zero-order valence-electron chi connectivity index (χ0n) is 10.6. The summed E-state index contributed by atoms with van der Waals surface area (Å²) in [6, 6.07) is 8.31. The van der Waals surface area contributed by atoms with Gasteiger partial charge in [-0.05, 0) is 46.7 Å². The Morgan fingerprint density at radius 2 is 2.05 bits per heavy atom. The van der Waals surface area contributed by atoms with Gasteiger partial charge < -0.3 is 15.7 Å². The molecule has 0 radical (unpaired) electrons. The third kappa shape index (κ3) is 3.66. The lowest BCUT2D eigenvalue weighted by atomic mass is 10.1. The predicted octanol–water partition coefficient (Wildman–Crippen LogP) is 1.78. The molecule has 1 aromatic carbocycles. The molecule has 0 aliphatic carbocycles. The first-order valence-electron chi connectivity index (χ1n) is 5.99. The molecule has 1 atom stereocenters. The number of nitrogens with one attached hydrogen (secondary N) is 2. The van der Waals surface area contributed by atoms with Crippen LogP contribution >= 0.6 is 11.3 Å². The molecule has 0 spiro atoms. The summed E-state index contributed by atoms with van der Waals surface area (Å²) in [6.45, 7) is 0.157. The lowest BCUT2D eigenvalue weighted by Crippen LogP contribution is -2.28. The van der Waals surface area contributed by atoms with Gasteiger partial charge in [-0.2, -0.15) is 11.3 Å². The van der Waals surface area contributed by atoms with Crippen LogP contribution < -0.4 is 10.6 Å². The van der Waals surface area contributed by atoms with Gasteiger partial charge in [0.15, 0.2) is 0 Å². The van der Waals surface area contributed by atoms with Crippen LogP contribution in [-0.2, 0) is 4.79 Å². The first kappa shape index (κ1) is 14.2. The zero-order chi connectivity index (χ0) is 14.4. The number of carbonyl (C=O) groups excluding carboxylic acids is 2. The molecule has 2 rings (SSSR count). The van der Waals surface area contributed by atoms with Crippen LogP contribution in [0.4, 0.5) is 5.69 Å². The van der Waals surface area contributed by atoms with Gasteiger partial charge in [0.2, 0.25) is 6.41 Å². The number of rotatable bonds is 6. The van der Waals surface area contributed by atoms with Crippen molar-refractivity contribution in [2.75, 3.05) is 11.9 Å². The highest BCUT2D eigenvalue weighted by atomic mass is 32.1. The van der Waals surface area contributed by atoms with Gasteiger partial charge in [-0.1, -0.05) is 0 Å². The summed E-state index contributed by atoms with van der Waals surface area (Å²) in [7, 11) is 0. The van der Waals surface area contributed by atoms with Gasteiger partial charge >= 0.3 is 0 Å². The molecule has 0 bridgehead atoms. The normalized spacial score (nSPS) is 11.7. The van der Waals surface area contributed by atoms with Crippen LogP contribution in [0.2, 0.25) is 0 Å². The number of anilines is 1. The Bertz CT molecular complexity index is 567. The Hall–Kier alpha value is -2.18. The summed E-state index contributed by atoms with van der Waals surface area (Å²) in [5.74, 6) is -0.267. The highest BCUT2D eigenvalue weighted by molar-refractivity contribution is 7.07. The molecule has 0 aliphatic rings. The number of amides is 2. The Balaban J connectivity index is 1.89. The zero-order valence-corrected chi connectivity index (χ0v) is 11.4. The van der Waals surface area contributed by atoms with Crippen molar-refractivity contribution in [3.8, 4) is 0 Å². The van der Waals surface area contributed by atoms with E-state index in [1.165, 1.54) is 11.3 Å². The largest absolute Gasteiger partial charge is 0.387 e. The van der Waals surface area contributed by atoms with Crippen molar-refractivity contribution < 1.29 is 14.7 Å². The van der Waals surface area contributed by atoms with E-state index in [1.54, 1.807) is 24.3 Å². The van der Waals surface area contributed by atoms with Gasteiger partial charge in [0.05, 0.1) is 6.10 Å². The number of carbonyl (C=O) groups is 2. The van der Waals surface area contributed by atoms with E-state index in [2.05, 4.69) is 10.6 Å². The summed E-state index contributed by atoms with van der Waals surface area (Å²) in [6.07, 6.45) is -0.132. The summed E-state index contributed by atoms with van der Waals surface area (Å²) >= 11 is 1.50. The lowest BCUT2D eigenvalue weighted by molar-refractivity contribution is -0.105. The van der Waals surface area contributed by atoms with E-state index in [-0.39, 0.29) is 12.5 Å². The van der Waals surface area contributed by atoms with E-state index in [0.717, 1.165) is 5.56 Å². The van der Waals surface area contributed by atoms with Crippen LogP contribution in [0.25, 0.3) is 0 Å². The average molecular weight is 290 g/mol.